The number of hydrogen-bond acceptors (Lipinski definition) is 4. The van der Waals surface area contributed by atoms with Crippen LogP contribution in [0.15, 0.2) is 41.9 Å². The molecule has 0 saturated carbocycles. The molecule has 96 valence electrons. The Hall–Kier alpha value is -2.07. The van der Waals surface area contributed by atoms with Crippen molar-refractivity contribution >= 4 is 32.9 Å². The average Bonchev–Trinajstić information content (AvgIpc) is 2.87. The number of anilines is 2. The first-order chi connectivity index (χ1) is 9.24. The van der Waals surface area contributed by atoms with E-state index in [1.807, 2.05) is 11.6 Å². The van der Waals surface area contributed by atoms with E-state index in [1.165, 1.54) is 11.1 Å². The second-order valence-electron chi connectivity index (χ2n) is 4.57. The van der Waals surface area contributed by atoms with Crippen LogP contribution in [-0.4, -0.2) is 4.98 Å². The number of aromatic nitrogens is 1. The molecule has 2 aromatic carbocycles. The molecule has 3 nitrogen and oxygen atoms in total. The van der Waals surface area contributed by atoms with Gasteiger partial charge in [0.05, 0.1) is 21.6 Å². The number of nitrogens with one attached hydrogen (secondary N) is 1. The van der Waals surface area contributed by atoms with Gasteiger partial charge in [0.1, 0.15) is 5.52 Å². The van der Waals surface area contributed by atoms with Crippen molar-refractivity contribution in [1.29, 1.82) is 0 Å². The summed E-state index contributed by atoms with van der Waals surface area (Å²) in [6.07, 6.45) is 0. The van der Waals surface area contributed by atoms with Crippen LogP contribution in [0.5, 0.6) is 0 Å². The highest BCUT2D eigenvalue weighted by atomic mass is 32.1. The minimum Gasteiger partial charge on any atom is -0.395 e. The monoisotopic (exact) mass is 269 g/mol. The molecule has 0 fully saturated rings. The normalized spacial score (nSPS) is 10.8. The number of thiazole rings is 1. The van der Waals surface area contributed by atoms with E-state index in [0.29, 0.717) is 0 Å². The minimum absolute atomic E-state index is 0.728. The zero-order valence-corrected chi connectivity index (χ0v) is 11.5. The molecule has 1 heterocycles. The zero-order valence-electron chi connectivity index (χ0n) is 10.7. The second-order valence-corrected chi connectivity index (χ2v) is 5.45. The van der Waals surface area contributed by atoms with Gasteiger partial charge in [0.15, 0.2) is 0 Å². The van der Waals surface area contributed by atoms with Crippen molar-refractivity contribution in [3.05, 3.63) is 53.0 Å². The molecule has 0 atom stereocenters. The highest BCUT2D eigenvalue weighted by molar-refractivity contribution is 7.16. The lowest BCUT2D eigenvalue weighted by Crippen LogP contribution is -2.02. The second kappa shape index (κ2) is 4.90. The Bertz CT molecular complexity index is 718. The fourth-order valence-electron chi connectivity index (χ4n) is 2.13. The van der Waals surface area contributed by atoms with Gasteiger partial charge in [-0.2, -0.15) is 0 Å². The molecule has 0 bridgehead atoms. The van der Waals surface area contributed by atoms with Crippen molar-refractivity contribution in [2.45, 2.75) is 13.5 Å². The summed E-state index contributed by atoms with van der Waals surface area (Å²) in [5, 5.41) is 3.38. The third-order valence-electron chi connectivity index (χ3n) is 3.11. The standard InChI is InChI=1S/C15H15N3S/c1-10-3-2-4-11(7-10)8-17-12-5-6-13-15(14(12)16)18-9-19-13/h2-7,9,17H,8,16H2,1H3. The molecule has 19 heavy (non-hydrogen) atoms. The van der Waals surface area contributed by atoms with Crippen LogP contribution < -0.4 is 11.1 Å². The number of hydrogen-bond donors (Lipinski definition) is 2. The van der Waals surface area contributed by atoms with Gasteiger partial charge in [-0.05, 0) is 24.6 Å². The molecule has 0 spiro atoms. The van der Waals surface area contributed by atoms with E-state index in [2.05, 4.69) is 47.6 Å². The molecule has 0 radical (unpaired) electrons. The van der Waals surface area contributed by atoms with Gasteiger partial charge in [-0.25, -0.2) is 4.98 Å². The summed E-state index contributed by atoms with van der Waals surface area (Å²) in [7, 11) is 0. The van der Waals surface area contributed by atoms with Gasteiger partial charge in [0, 0.05) is 6.54 Å². The smallest absolute Gasteiger partial charge is 0.106 e. The van der Waals surface area contributed by atoms with Gasteiger partial charge in [0.25, 0.3) is 0 Å². The van der Waals surface area contributed by atoms with Crippen LogP contribution >= 0.6 is 11.3 Å². The first-order valence-electron chi connectivity index (χ1n) is 6.15. The van der Waals surface area contributed by atoms with Crippen molar-refractivity contribution in [3.8, 4) is 0 Å². The van der Waals surface area contributed by atoms with E-state index >= 15 is 0 Å². The lowest BCUT2D eigenvalue weighted by molar-refractivity contribution is 1.14. The van der Waals surface area contributed by atoms with E-state index in [9.17, 15) is 0 Å². The summed E-state index contributed by atoms with van der Waals surface area (Å²) < 4.78 is 1.12. The Labute approximate surface area is 116 Å². The predicted molar refractivity (Wildman–Crippen MR) is 82.5 cm³/mol. The zero-order chi connectivity index (χ0) is 13.2. The van der Waals surface area contributed by atoms with Crippen molar-refractivity contribution in [2.75, 3.05) is 11.1 Å². The molecule has 0 saturated heterocycles. The molecular formula is C15H15N3S. The van der Waals surface area contributed by atoms with Crippen molar-refractivity contribution < 1.29 is 0 Å². The Morgan fingerprint density at radius 1 is 1.26 bits per heavy atom. The first-order valence-corrected chi connectivity index (χ1v) is 7.03. The van der Waals surface area contributed by atoms with E-state index in [0.717, 1.165) is 28.1 Å². The van der Waals surface area contributed by atoms with E-state index in [1.54, 1.807) is 11.3 Å². The van der Waals surface area contributed by atoms with Crippen LogP contribution in [0.1, 0.15) is 11.1 Å². The lowest BCUT2D eigenvalue weighted by atomic mass is 10.1. The molecule has 0 aliphatic rings. The van der Waals surface area contributed by atoms with Crippen molar-refractivity contribution in [2.24, 2.45) is 0 Å². The maximum absolute atomic E-state index is 6.14. The van der Waals surface area contributed by atoms with Crippen LogP contribution in [0.4, 0.5) is 11.4 Å². The number of fused-ring (bicyclic) bond motifs is 1. The van der Waals surface area contributed by atoms with Crippen LogP contribution in [0.3, 0.4) is 0 Å². The van der Waals surface area contributed by atoms with Gasteiger partial charge < -0.3 is 11.1 Å². The fraction of sp³-hybridized carbons (Fsp3) is 0.133. The molecule has 4 heteroatoms. The Balaban J connectivity index is 1.83. The number of nitrogen functional groups attached to an aromatic ring is 1. The molecule has 0 aliphatic heterocycles. The maximum atomic E-state index is 6.14. The lowest BCUT2D eigenvalue weighted by Gasteiger charge is -2.10. The van der Waals surface area contributed by atoms with Gasteiger partial charge in [-0.3, -0.25) is 0 Å². The topological polar surface area (TPSA) is 50.9 Å². The minimum atomic E-state index is 0.728. The highest BCUT2D eigenvalue weighted by Crippen LogP contribution is 2.30. The van der Waals surface area contributed by atoms with Crippen molar-refractivity contribution in [3.63, 3.8) is 0 Å². The fourth-order valence-corrected chi connectivity index (χ4v) is 2.82. The molecule has 3 aromatic rings. The molecule has 3 N–H and O–H groups in total. The number of aryl methyl sites for hydroxylation is 1. The van der Waals surface area contributed by atoms with Crippen LogP contribution in [0.2, 0.25) is 0 Å². The number of nitrogens with zero attached hydrogens (tertiary/aromatic N) is 1. The van der Waals surface area contributed by atoms with Gasteiger partial charge in [-0.15, -0.1) is 11.3 Å². The summed E-state index contributed by atoms with van der Waals surface area (Å²) in [5.74, 6) is 0. The van der Waals surface area contributed by atoms with Crippen LogP contribution in [-0.2, 0) is 6.54 Å². The third-order valence-corrected chi connectivity index (χ3v) is 3.90. The summed E-state index contributed by atoms with van der Waals surface area (Å²) in [4.78, 5) is 4.30. The Kier molecular flexibility index (Phi) is 3.09. The number of rotatable bonds is 3. The summed E-state index contributed by atoms with van der Waals surface area (Å²) in [5.41, 5.74) is 13.0. The molecule has 3 rings (SSSR count). The van der Waals surface area contributed by atoms with Crippen LogP contribution in [0, 0.1) is 6.92 Å². The Morgan fingerprint density at radius 3 is 3.00 bits per heavy atom. The van der Waals surface area contributed by atoms with E-state index < -0.39 is 0 Å². The maximum Gasteiger partial charge on any atom is 0.106 e. The predicted octanol–water partition coefficient (Wildman–Crippen LogP) is 3.80. The SMILES string of the molecule is Cc1cccc(CNc2ccc3scnc3c2N)c1. The summed E-state index contributed by atoms with van der Waals surface area (Å²) in [6, 6.07) is 12.5. The third kappa shape index (κ3) is 2.39. The Morgan fingerprint density at radius 2 is 2.16 bits per heavy atom. The molecule has 1 aromatic heterocycles. The van der Waals surface area contributed by atoms with Crippen LogP contribution in [0.25, 0.3) is 10.2 Å². The molecule has 0 amide bonds. The quantitative estimate of drug-likeness (QED) is 0.711. The summed E-state index contributed by atoms with van der Waals surface area (Å²) >= 11 is 1.61. The largest absolute Gasteiger partial charge is 0.395 e. The van der Waals surface area contributed by atoms with Gasteiger partial charge in [0.2, 0.25) is 0 Å². The number of nitrogens with two attached hydrogens (primary N) is 1. The van der Waals surface area contributed by atoms with Crippen molar-refractivity contribution in [1.82, 2.24) is 4.98 Å². The van der Waals surface area contributed by atoms with Gasteiger partial charge >= 0.3 is 0 Å². The molecular weight excluding hydrogens is 254 g/mol. The van der Waals surface area contributed by atoms with E-state index in [-0.39, 0.29) is 0 Å². The average molecular weight is 269 g/mol. The molecule has 0 aliphatic carbocycles. The molecule has 0 unspecified atom stereocenters. The number of benzene rings is 2. The first kappa shape index (κ1) is 12.0. The van der Waals surface area contributed by atoms with E-state index in [4.69, 9.17) is 5.73 Å². The van der Waals surface area contributed by atoms with Gasteiger partial charge in [-0.1, -0.05) is 29.8 Å². The summed E-state index contributed by atoms with van der Waals surface area (Å²) in [6.45, 7) is 2.86. The highest BCUT2D eigenvalue weighted by Gasteiger charge is 2.06.